The Morgan fingerprint density at radius 3 is 2.60 bits per heavy atom. The molecule has 35 heavy (non-hydrogen) atoms. The van der Waals surface area contributed by atoms with Crippen molar-refractivity contribution in [1.29, 1.82) is 0 Å². The fourth-order valence-corrected chi connectivity index (χ4v) is 6.38. The largest absolute Gasteiger partial charge is 0.450 e. The van der Waals surface area contributed by atoms with Gasteiger partial charge in [0.05, 0.1) is 12.3 Å². The smallest absolute Gasteiger partial charge is 0.414 e. The fourth-order valence-electron chi connectivity index (χ4n) is 6.38. The Hall–Kier alpha value is -2.35. The van der Waals surface area contributed by atoms with E-state index in [1.807, 2.05) is 6.92 Å². The summed E-state index contributed by atoms with van der Waals surface area (Å²) < 4.78 is 25.1. The van der Waals surface area contributed by atoms with Crippen LogP contribution in [0.4, 0.5) is 19.7 Å². The number of nitrogens with one attached hydrogen (secondary N) is 1. The van der Waals surface area contributed by atoms with Crippen LogP contribution in [0.15, 0.2) is 18.2 Å². The van der Waals surface area contributed by atoms with Gasteiger partial charge in [0.2, 0.25) is 0 Å². The van der Waals surface area contributed by atoms with Gasteiger partial charge in [0.25, 0.3) is 0 Å². The number of amides is 2. The van der Waals surface area contributed by atoms with Crippen LogP contribution < -0.4 is 10.2 Å². The molecule has 2 atom stereocenters. The highest BCUT2D eigenvalue weighted by Gasteiger charge is 2.48. The van der Waals surface area contributed by atoms with Crippen molar-refractivity contribution in [2.45, 2.75) is 94.7 Å². The quantitative estimate of drug-likeness (QED) is 0.597. The Balaban J connectivity index is 1.26. The number of anilines is 1. The molecule has 4 aliphatic rings. The van der Waals surface area contributed by atoms with Gasteiger partial charge in [0.15, 0.2) is 0 Å². The molecule has 7 nitrogen and oxygen atoms in total. The maximum atomic E-state index is 14.3. The fraction of sp³-hybridized carbons (Fsp3) is 0.704. The number of likely N-dealkylation sites (tertiary alicyclic amines) is 1. The summed E-state index contributed by atoms with van der Waals surface area (Å²) in [6.45, 7) is 4.56. The first-order chi connectivity index (χ1) is 17.0. The van der Waals surface area contributed by atoms with Gasteiger partial charge in [-0.25, -0.2) is 14.0 Å². The number of alkyl carbamates (subject to hydrolysis) is 1. The zero-order valence-electron chi connectivity index (χ0n) is 20.8. The second kappa shape index (κ2) is 10.3. The third kappa shape index (κ3) is 5.13. The molecule has 0 radical (unpaired) electrons. The molecule has 2 aliphatic carbocycles. The minimum Gasteiger partial charge on any atom is -0.450 e. The molecule has 2 aliphatic heterocycles. The Kier molecular flexibility index (Phi) is 7.19. The number of fused-ring (bicyclic) bond motifs is 2. The maximum Gasteiger partial charge on any atom is 0.414 e. The number of carbonyl (C=O) groups is 2. The normalized spacial score (nSPS) is 26.5. The summed E-state index contributed by atoms with van der Waals surface area (Å²) in [7, 11) is 0. The van der Waals surface area contributed by atoms with E-state index in [1.54, 1.807) is 17.0 Å². The van der Waals surface area contributed by atoms with Crippen LogP contribution in [0, 0.1) is 5.82 Å². The number of rotatable bonds is 4. The summed E-state index contributed by atoms with van der Waals surface area (Å²) in [5, 5.41) is 3.05. The van der Waals surface area contributed by atoms with E-state index in [4.69, 9.17) is 9.47 Å². The van der Waals surface area contributed by atoms with E-state index in [0.717, 1.165) is 88.5 Å². The molecular weight excluding hydrogens is 449 g/mol. The summed E-state index contributed by atoms with van der Waals surface area (Å²) in [5.74, 6) is -0.253. The highest BCUT2D eigenvalue weighted by atomic mass is 19.1. The van der Waals surface area contributed by atoms with Gasteiger partial charge in [-0.2, -0.15) is 0 Å². The minimum absolute atomic E-state index is 0.0243. The molecule has 8 heteroatoms. The van der Waals surface area contributed by atoms with Gasteiger partial charge in [-0.05, 0) is 95.1 Å². The standard InChI is InChI=1S/C27H38FN3O4/c1-2-34-25(32)29-20-6-3-4-7-21(17-20)30-14-12-27(13-15-30)18-31(26(33)35-22-8-5-9-22)24-11-10-19(28)16-23(24)27/h10-11,16,20-22H,2-9,12-15,17-18H2,1H3,(H,29,32). The van der Waals surface area contributed by atoms with E-state index < -0.39 is 0 Å². The molecule has 1 saturated heterocycles. The number of nitrogens with zero attached hydrogens (tertiary/aromatic N) is 2. The average Bonchev–Trinajstić information content (AvgIpc) is 2.95. The van der Waals surface area contributed by atoms with Crippen molar-refractivity contribution < 1.29 is 23.5 Å². The number of halogens is 1. The lowest BCUT2D eigenvalue weighted by atomic mass is 9.74. The number of benzene rings is 1. The van der Waals surface area contributed by atoms with Crippen LogP contribution in [0.5, 0.6) is 0 Å². The molecule has 1 aromatic carbocycles. The van der Waals surface area contributed by atoms with E-state index in [0.29, 0.717) is 19.2 Å². The topological polar surface area (TPSA) is 71.1 Å². The molecule has 5 rings (SSSR count). The summed E-state index contributed by atoms with van der Waals surface area (Å²) in [5.41, 5.74) is 1.52. The first kappa shape index (κ1) is 24.3. The number of piperidine rings is 1. The number of ether oxygens (including phenoxy) is 2. The first-order valence-corrected chi connectivity index (χ1v) is 13.4. The van der Waals surface area contributed by atoms with Gasteiger partial charge >= 0.3 is 12.2 Å². The lowest BCUT2D eigenvalue weighted by Gasteiger charge is -2.43. The van der Waals surface area contributed by atoms with Crippen molar-refractivity contribution in [1.82, 2.24) is 10.2 Å². The van der Waals surface area contributed by atoms with Gasteiger partial charge in [0, 0.05) is 24.0 Å². The number of hydrogen-bond donors (Lipinski definition) is 1. The van der Waals surface area contributed by atoms with E-state index >= 15 is 0 Å². The molecule has 1 N–H and O–H groups in total. The Morgan fingerprint density at radius 2 is 1.89 bits per heavy atom. The van der Waals surface area contributed by atoms with Crippen LogP contribution in [-0.4, -0.2) is 61.5 Å². The summed E-state index contributed by atoms with van der Waals surface area (Å²) in [4.78, 5) is 29.3. The van der Waals surface area contributed by atoms with Gasteiger partial charge in [-0.1, -0.05) is 12.8 Å². The van der Waals surface area contributed by atoms with E-state index in [2.05, 4.69) is 10.2 Å². The Labute approximate surface area is 207 Å². The van der Waals surface area contributed by atoms with Crippen LogP contribution in [0.3, 0.4) is 0 Å². The predicted molar refractivity (Wildman–Crippen MR) is 131 cm³/mol. The van der Waals surface area contributed by atoms with Crippen molar-refractivity contribution in [2.75, 3.05) is 31.1 Å². The van der Waals surface area contributed by atoms with Gasteiger partial charge in [-0.15, -0.1) is 0 Å². The van der Waals surface area contributed by atoms with Gasteiger partial charge in [-0.3, -0.25) is 4.90 Å². The molecular formula is C27H38FN3O4. The molecule has 2 unspecified atom stereocenters. The minimum atomic E-state index is -0.325. The van der Waals surface area contributed by atoms with Crippen LogP contribution >= 0.6 is 0 Å². The summed E-state index contributed by atoms with van der Waals surface area (Å²) in [6, 6.07) is 5.36. The van der Waals surface area contributed by atoms with Crippen LogP contribution in [0.1, 0.15) is 76.7 Å². The number of carbonyl (C=O) groups excluding carboxylic acids is 2. The maximum absolute atomic E-state index is 14.3. The van der Waals surface area contributed by atoms with Crippen molar-refractivity contribution in [3.05, 3.63) is 29.6 Å². The Morgan fingerprint density at radius 1 is 1.11 bits per heavy atom. The lowest BCUT2D eigenvalue weighted by molar-refractivity contribution is 0.0559. The van der Waals surface area contributed by atoms with Gasteiger partial charge < -0.3 is 19.7 Å². The summed E-state index contributed by atoms with van der Waals surface area (Å²) >= 11 is 0. The zero-order chi connectivity index (χ0) is 24.4. The summed E-state index contributed by atoms with van der Waals surface area (Å²) in [6.07, 6.45) is 9.44. The third-order valence-electron chi connectivity index (χ3n) is 8.59. The van der Waals surface area contributed by atoms with Crippen LogP contribution in [0.2, 0.25) is 0 Å². The zero-order valence-corrected chi connectivity index (χ0v) is 20.8. The van der Waals surface area contributed by atoms with Crippen molar-refractivity contribution in [3.8, 4) is 0 Å². The predicted octanol–water partition coefficient (Wildman–Crippen LogP) is 5.12. The monoisotopic (exact) mass is 487 g/mol. The lowest BCUT2D eigenvalue weighted by Crippen LogP contribution is -2.50. The van der Waals surface area contributed by atoms with Crippen molar-refractivity contribution in [2.24, 2.45) is 0 Å². The molecule has 3 fully saturated rings. The molecule has 2 heterocycles. The third-order valence-corrected chi connectivity index (χ3v) is 8.59. The number of hydrogen-bond acceptors (Lipinski definition) is 5. The SMILES string of the molecule is CCOC(=O)NC1CCCCC(N2CCC3(CC2)CN(C(=O)OC2CCC2)c2ccc(F)cc23)C1. The second-order valence-electron chi connectivity index (χ2n) is 10.7. The van der Waals surface area contributed by atoms with Crippen molar-refractivity contribution in [3.63, 3.8) is 0 Å². The molecule has 2 amide bonds. The van der Waals surface area contributed by atoms with E-state index in [9.17, 15) is 14.0 Å². The highest BCUT2D eigenvalue weighted by Crippen LogP contribution is 2.48. The van der Waals surface area contributed by atoms with Crippen LogP contribution in [0.25, 0.3) is 0 Å². The molecule has 192 valence electrons. The molecule has 1 aromatic rings. The second-order valence-corrected chi connectivity index (χ2v) is 10.7. The molecule has 1 spiro atoms. The van der Waals surface area contributed by atoms with Gasteiger partial charge in [0.1, 0.15) is 11.9 Å². The van der Waals surface area contributed by atoms with E-state index in [-0.39, 0.29) is 35.6 Å². The Bertz CT molecular complexity index is 929. The highest BCUT2D eigenvalue weighted by molar-refractivity contribution is 5.91. The average molecular weight is 488 g/mol. The molecule has 2 saturated carbocycles. The van der Waals surface area contributed by atoms with Crippen molar-refractivity contribution >= 4 is 17.9 Å². The first-order valence-electron chi connectivity index (χ1n) is 13.4. The molecule has 0 bridgehead atoms. The van der Waals surface area contributed by atoms with E-state index in [1.165, 1.54) is 6.07 Å². The van der Waals surface area contributed by atoms with Crippen LogP contribution in [-0.2, 0) is 14.9 Å². The molecule has 0 aromatic heterocycles.